The van der Waals surface area contributed by atoms with E-state index in [0.717, 1.165) is 53.5 Å². The quantitative estimate of drug-likeness (QED) is 0.731. The second kappa shape index (κ2) is 6.59. The predicted molar refractivity (Wildman–Crippen MR) is 110 cm³/mol. The van der Waals surface area contributed by atoms with Crippen LogP contribution in [-0.2, 0) is 19.7 Å². The van der Waals surface area contributed by atoms with Gasteiger partial charge in [0.15, 0.2) is 5.78 Å². The molecule has 1 saturated carbocycles. The number of carbonyl (C=O) groups excluding carboxylic acids is 1. The summed E-state index contributed by atoms with van der Waals surface area (Å²) in [5, 5.41) is 2.33. The maximum absolute atomic E-state index is 14.0. The zero-order chi connectivity index (χ0) is 19.3. The highest BCUT2D eigenvalue weighted by molar-refractivity contribution is 6.12. The van der Waals surface area contributed by atoms with E-state index >= 15 is 0 Å². The molecule has 0 aromatic heterocycles. The first-order valence-electron chi connectivity index (χ1n) is 10.4. The molecule has 2 fully saturated rings. The lowest BCUT2D eigenvalue weighted by Crippen LogP contribution is -2.62. The predicted octanol–water partition coefficient (Wildman–Crippen LogP) is 5.10. The van der Waals surface area contributed by atoms with Crippen molar-refractivity contribution in [3.05, 3.63) is 71.0 Å². The van der Waals surface area contributed by atoms with Gasteiger partial charge in [0, 0.05) is 23.7 Å². The van der Waals surface area contributed by atoms with Crippen molar-refractivity contribution in [2.24, 2.45) is 5.92 Å². The molecule has 3 atom stereocenters. The van der Waals surface area contributed by atoms with Gasteiger partial charge in [0.05, 0.1) is 18.6 Å². The normalized spacial score (nSPS) is 28.6. The van der Waals surface area contributed by atoms with Crippen molar-refractivity contribution in [3.63, 3.8) is 0 Å². The van der Waals surface area contributed by atoms with E-state index in [1.807, 2.05) is 6.08 Å². The van der Waals surface area contributed by atoms with Crippen LogP contribution in [-0.4, -0.2) is 25.6 Å². The van der Waals surface area contributed by atoms with Crippen LogP contribution in [0.15, 0.2) is 65.4 Å². The second-order valence-electron chi connectivity index (χ2n) is 8.11. The molecule has 3 nitrogen and oxygen atoms in total. The molecule has 144 valence electrons. The minimum Gasteiger partial charge on any atom is -0.497 e. The van der Waals surface area contributed by atoms with E-state index in [1.165, 1.54) is 5.39 Å². The van der Waals surface area contributed by atoms with Gasteiger partial charge in [-0.25, -0.2) is 0 Å². The Morgan fingerprint density at radius 3 is 2.82 bits per heavy atom. The van der Waals surface area contributed by atoms with Gasteiger partial charge in [-0.15, -0.1) is 0 Å². The number of carbonyl (C=O) groups is 1. The van der Waals surface area contributed by atoms with Crippen molar-refractivity contribution < 1.29 is 14.3 Å². The molecule has 3 heteroatoms. The Bertz CT molecular complexity index is 1010. The first-order valence-corrected chi connectivity index (χ1v) is 10.4. The first-order chi connectivity index (χ1) is 13.7. The summed E-state index contributed by atoms with van der Waals surface area (Å²) in [6.07, 6.45) is 5.79. The Morgan fingerprint density at radius 2 is 2.00 bits per heavy atom. The Morgan fingerprint density at radius 1 is 1.18 bits per heavy atom. The summed E-state index contributed by atoms with van der Waals surface area (Å²) >= 11 is 0. The fraction of sp³-hybridized carbons (Fsp3) is 0.400. The molecular weight excluding hydrogens is 348 g/mol. The van der Waals surface area contributed by atoms with Crippen molar-refractivity contribution in [2.75, 3.05) is 13.7 Å². The highest BCUT2D eigenvalue weighted by Crippen LogP contribution is 2.63. The van der Waals surface area contributed by atoms with Crippen LogP contribution >= 0.6 is 0 Å². The molecule has 0 spiro atoms. The number of methoxy groups -OCH3 is 1. The molecule has 1 heterocycles. The van der Waals surface area contributed by atoms with Gasteiger partial charge in [-0.2, -0.15) is 0 Å². The van der Waals surface area contributed by atoms with E-state index in [1.54, 1.807) is 7.11 Å². The van der Waals surface area contributed by atoms with Crippen molar-refractivity contribution in [1.82, 2.24) is 0 Å². The summed E-state index contributed by atoms with van der Waals surface area (Å²) in [5.41, 5.74) is 2.43. The fourth-order valence-corrected chi connectivity index (χ4v) is 5.58. The van der Waals surface area contributed by atoms with Crippen LogP contribution < -0.4 is 0 Å². The van der Waals surface area contributed by atoms with Gasteiger partial charge < -0.3 is 9.47 Å². The highest BCUT2D eigenvalue weighted by atomic mass is 16.5. The number of allylic oxidation sites excluding steroid dienone is 2. The molecule has 28 heavy (non-hydrogen) atoms. The van der Waals surface area contributed by atoms with Crippen LogP contribution in [0.25, 0.3) is 10.8 Å². The van der Waals surface area contributed by atoms with E-state index < -0.39 is 5.41 Å². The summed E-state index contributed by atoms with van der Waals surface area (Å²) in [6.45, 7) is 2.87. The summed E-state index contributed by atoms with van der Waals surface area (Å²) in [5.74, 6) is 1.29. The third kappa shape index (κ3) is 2.17. The molecule has 2 aromatic carbocycles. The summed E-state index contributed by atoms with van der Waals surface area (Å²) in [4.78, 5) is 14.0. The number of ketones is 1. The van der Waals surface area contributed by atoms with Crippen molar-refractivity contribution in [1.29, 1.82) is 0 Å². The van der Waals surface area contributed by atoms with E-state index in [2.05, 4.69) is 49.4 Å². The van der Waals surface area contributed by atoms with Crippen LogP contribution in [0.1, 0.15) is 38.2 Å². The first kappa shape index (κ1) is 17.7. The largest absolute Gasteiger partial charge is 0.497 e. The van der Waals surface area contributed by atoms with Crippen LogP contribution in [0.5, 0.6) is 0 Å². The van der Waals surface area contributed by atoms with E-state index in [4.69, 9.17) is 9.47 Å². The minimum absolute atomic E-state index is 0.00171. The van der Waals surface area contributed by atoms with Gasteiger partial charge in [-0.05, 0) is 41.7 Å². The van der Waals surface area contributed by atoms with Crippen molar-refractivity contribution in [3.8, 4) is 0 Å². The Kier molecular flexibility index (Phi) is 4.17. The zero-order valence-electron chi connectivity index (χ0n) is 16.5. The van der Waals surface area contributed by atoms with Gasteiger partial charge in [-0.1, -0.05) is 55.8 Å². The van der Waals surface area contributed by atoms with E-state index in [9.17, 15) is 4.79 Å². The number of rotatable bonds is 5. The van der Waals surface area contributed by atoms with Gasteiger partial charge in [-0.3, -0.25) is 4.79 Å². The van der Waals surface area contributed by atoms with Crippen LogP contribution in [0.2, 0.25) is 0 Å². The average molecular weight is 374 g/mol. The number of fused-ring (bicyclic) bond motifs is 5. The third-order valence-corrected chi connectivity index (χ3v) is 6.81. The lowest BCUT2D eigenvalue weighted by molar-refractivity contribution is -0.127. The van der Waals surface area contributed by atoms with E-state index in [0.29, 0.717) is 6.61 Å². The minimum atomic E-state index is -0.634. The molecule has 1 aliphatic heterocycles. The number of unbranched alkanes of at least 4 members (excludes halogenated alkanes) is 1. The number of benzene rings is 2. The molecule has 5 rings (SSSR count). The Hall–Kier alpha value is -2.39. The summed E-state index contributed by atoms with van der Waals surface area (Å²) in [6, 6.07) is 14.7. The molecule has 0 N–H and O–H groups in total. The smallest absolute Gasteiger partial charge is 0.174 e. The standard InChI is InChI=1S/C25H26O3/c1-3-4-8-17-15-21(27-2)22-23-20(13-14-28-23)25(22,24(17)26)19-12-7-10-16-9-5-6-11-18(16)19/h5-7,9-12,15,20,23H,3-4,8,13-14H2,1-2H3. The number of hydrogen-bond acceptors (Lipinski definition) is 3. The maximum atomic E-state index is 14.0. The van der Waals surface area contributed by atoms with Crippen molar-refractivity contribution in [2.45, 2.75) is 44.1 Å². The van der Waals surface area contributed by atoms with Crippen LogP contribution in [0, 0.1) is 5.92 Å². The monoisotopic (exact) mass is 374 g/mol. The maximum Gasteiger partial charge on any atom is 0.174 e. The molecule has 3 unspecified atom stereocenters. The van der Waals surface area contributed by atoms with Crippen LogP contribution in [0.4, 0.5) is 0 Å². The molecule has 3 aliphatic rings. The third-order valence-electron chi connectivity index (χ3n) is 6.81. The molecule has 2 aliphatic carbocycles. The number of ether oxygens (including phenoxy) is 2. The number of hydrogen-bond donors (Lipinski definition) is 0. The number of Topliss-reactive ketones (excluding diaryl/α,β-unsaturated/α-hetero) is 1. The van der Waals surface area contributed by atoms with Gasteiger partial charge in [0.1, 0.15) is 5.76 Å². The van der Waals surface area contributed by atoms with Gasteiger partial charge >= 0.3 is 0 Å². The second-order valence-corrected chi connectivity index (χ2v) is 8.11. The zero-order valence-corrected chi connectivity index (χ0v) is 16.5. The highest BCUT2D eigenvalue weighted by Gasteiger charge is 2.68. The molecule has 0 amide bonds. The lowest BCUT2D eigenvalue weighted by atomic mass is 9.46. The molecule has 2 aromatic rings. The molecule has 0 radical (unpaired) electrons. The average Bonchev–Trinajstić information content (AvgIpc) is 3.15. The van der Waals surface area contributed by atoms with E-state index in [-0.39, 0.29) is 17.8 Å². The van der Waals surface area contributed by atoms with Gasteiger partial charge in [0.25, 0.3) is 0 Å². The Labute approximate surface area is 166 Å². The molecule has 0 bridgehead atoms. The summed E-state index contributed by atoms with van der Waals surface area (Å²) < 4.78 is 11.9. The van der Waals surface area contributed by atoms with Crippen LogP contribution in [0.3, 0.4) is 0 Å². The fourth-order valence-electron chi connectivity index (χ4n) is 5.58. The summed E-state index contributed by atoms with van der Waals surface area (Å²) in [7, 11) is 1.71. The van der Waals surface area contributed by atoms with Gasteiger partial charge in [0.2, 0.25) is 0 Å². The Balaban J connectivity index is 1.78. The lowest BCUT2D eigenvalue weighted by Gasteiger charge is -2.55. The van der Waals surface area contributed by atoms with Crippen molar-refractivity contribution >= 4 is 16.6 Å². The topological polar surface area (TPSA) is 35.5 Å². The SMILES string of the molecule is CCCCC1=CC(OC)=C2C3OCCC3C2(c2cccc3ccccc23)C1=O. The molecular formula is C25H26O3. The molecule has 1 saturated heterocycles.